The summed E-state index contributed by atoms with van der Waals surface area (Å²) in [6.45, 7) is 4.56. The average Bonchev–Trinajstić information content (AvgIpc) is 3.19. The smallest absolute Gasteiger partial charge is 0.241 e. The number of hydrogen-bond acceptors (Lipinski definition) is 3. The van der Waals surface area contributed by atoms with E-state index in [0.717, 1.165) is 38.0 Å². The molecule has 2 aliphatic rings. The summed E-state index contributed by atoms with van der Waals surface area (Å²) in [4.78, 5) is 14.6. The molecule has 2 fully saturated rings. The highest BCUT2D eigenvalue weighted by Gasteiger charge is 2.21. The lowest BCUT2D eigenvalue weighted by Crippen LogP contribution is -2.35. The van der Waals surface area contributed by atoms with Crippen LogP contribution in [0.1, 0.15) is 31.2 Å². The van der Waals surface area contributed by atoms with Crippen LogP contribution in [0, 0.1) is 0 Å². The van der Waals surface area contributed by atoms with Crippen molar-refractivity contribution in [1.82, 2.24) is 10.2 Å². The molecule has 4 heteroatoms. The SMILES string of the molecule is O=C(Nc1cccc(CCN2CCCC2)c1)C1CCCN1. The van der Waals surface area contributed by atoms with E-state index in [2.05, 4.69) is 27.7 Å². The number of carbonyl (C=O) groups excluding carboxylic acids is 1. The second-order valence-corrected chi connectivity index (χ2v) is 6.14. The van der Waals surface area contributed by atoms with Crippen molar-refractivity contribution in [2.75, 3.05) is 31.5 Å². The highest BCUT2D eigenvalue weighted by molar-refractivity contribution is 5.95. The third-order valence-electron chi connectivity index (χ3n) is 4.49. The van der Waals surface area contributed by atoms with Crippen molar-refractivity contribution in [2.45, 2.75) is 38.1 Å². The molecule has 0 bridgehead atoms. The van der Waals surface area contributed by atoms with E-state index in [1.165, 1.54) is 31.5 Å². The number of hydrogen-bond donors (Lipinski definition) is 2. The van der Waals surface area contributed by atoms with Gasteiger partial charge in [-0.25, -0.2) is 0 Å². The number of nitrogens with one attached hydrogen (secondary N) is 2. The molecule has 0 spiro atoms. The van der Waals surface area contributed by atoms with Crippen LogP contribution in [0.3, 0.4) is 0 Å². The molecule has 114 valence electrons. The van der Waals surface area contributed by atoms with Gasteiger partial charge in [-0.2, -0.15) is 0 Å². The number of amides is 1. The van der Waals surface area contributed by atoms with E-state index in [0.29, 0.717) is 0 Å². The van der Waals surface area contributed by atoms with Crippen LogP contribution >= 0.6 is 0 Å². The number of rotatable bonds is 5. The monoisotopic (exact) mass is 287 g/mol. The lowest BCUT2D eigenvalue weighted by atomic mass is 10.1. The molecule has 1 aromatic rings. The molecule has 0 aliphatic carbocycles. The van der Waals surface area contributed by atoms with Crippen molar-refractivity contribution in [3.63, 3.8) is 0 Å². The first-order valence-electron chi connectivity index (χ1n) is 8.17. The Morgan fingerprint density at radius 3 is 2.90 bits per heavy atom. The van der Waals surface area contributed by atoms with Gasteiger partial charge in [0.25, 0.3) is 0 Å². The van der Waals surface area contributed by atoms with Gasteiger partial charge in [0.2, 0.25) is 5.91 Å². The molecule has 0 radical (unpaired) electrons. The number of carbonyl (C=O) groups is 1. The molecule has 2 N–H and O–H groups in total. The van der Waals surface area contributed by atoms with Crippen molar-refractivity contribution in [1.29, 1.82) is 0 Å². The molecule has 1 amide bonds. The van der Waals surface area contributed by atoms with Gasteiger partial charge in [0.1, 0.15) is 0 Å². The van der Waals surface area contributed by atoms with E-state index in [4.69, 9.17) is 0 Å². The van der Waals surface area contributed by atoms with E-state index in [1.807, 2.05) is 12.1 Å². The molecule has 2 aliphatic heterocycles. The summed E-state index contributed by atoms with van der Waals surface area (Å²) in [6, 6.07) is 8.27. The van der Waals surface area contributed by atoms with E-state index < -0.39 is 0 Å². The number of benzene rings is 1. The third kappa shape index (κ3) is 4.05. The second kappa shape index (κ2) is 7.05. The van der Waals surface area contributed by atoms with Crippen molar-refractivity contribution in [2.24, 2.45) is 0 Å². The summed E-state index contributed by atoms with van der Waals surface area (Å²) in [7, 11) is 0. The Kier molecular flexibility index (Phi) is 4.88. The van der Waals surface area contributed by atoms with Crippen molar-refractivity contribution in [3.8, 4) is 0 Å². The molecule has 1 atom stereocenters. The quantitative estimate of drug-likeness (QED) is 0.871. The maximum atomic E-state index is 12.1. The van der Waals surface area contributed by atoms with Gasteiger partial charge in [-0.3, -0.25) is 4.79 Å². The summed E-state index contributed by atoms with van der Waals surface area (Å²) < 4.78 is 0. The minimum absolute atomic E-state index is 0.0155. The Morgan fingerprint density at radius 2 is 2.14 bits per heavy atom. The van der Waals surface area contributed by atoms with Crippen LogP contribution in [0.5, 0.6) is 0 Å². The average molecular weight is 287 g/mol. The van der Waals surface area contributed by atoms with Crippen LogP contribution in [-0.2, 0) is 11.2 Å². The van der Waals surface area contributed by atoms with Gasteiger partial charge in [0.15, 0.2) is 0 Å². The Balaban J connectivity index is 1.53. The fraction of sp³-hybridized carbons (Fsp3) is 0.588. The zero-order valence-electron chi connectivity index (χ0n) is 12.6. The largest absolute Gasteiger partial charge is 0.325 e. The Labute approximate surface area is 126 Å². The lowest BCUT2D eigenvalue weighted by Gasteiger charge is -2.15. The third-order valence-corrected chi connectivity index (χ3v) is 4.49. The number of nitrogens with zero attached hydrogens (tertiary/aromatic N) is 1. The van der Waals surface area contributed by atoms with Crippen LogP contribution in [0.2, 0.25) is 0 Å². The Morgan fingerprint density at radius 1 is 1.29 bits per heavy atom. The molecule has 21 heavy (non-hydrogen) atoms. The van der Waals surface area contributed by atoms with Crippen molar-refractivity contribution in [3.05, 3.63) is 29.8 Å². The molecular weight excluding hydrogens is 262 g/mol. The fourth-order valence-corrected chi connectivity index (χ4v) is 3.24. The van der Waals surface area contributed by atoms with Crippen LogP contribution in [0.25, 0.3) is 0 Å². The Bertz CT molecular complexity index is 477. The summed E-state index contributed by atoms with van der Waals surface area (Å²) in [6.07, 6.45) is 5.77. The highest BCUT2D eigenvalue weighted by atomic mass is 16.2. The zero-order valence-corrected chi connectivity index (χ0v) is 12.6. The van der Waals surface area contributed by atoms with Crippen LogP contribution in [0.4, 0.5) is 5.69 Å². The van der Waals surface area contributed by atoms with Gasteiger partial charge in [0.05, 0.1) is 6.04 Å². The normalized spacial score (nSPS) is 22.6. The molecule has 3 rings (SSSR count). The number of anilines is 1. The van der Waals surface area contributed by atoms with Crippen LogP contribution < -0.4 is 10.6 Å². The first-order valence-corrected chi connectivity index (χ1v) is 8.17. The van der Waals surface area contributed by atoms with Gasteiger partial charge in [-0.05, 0) is 69.4 Å². The van der Waals surface area contributed by atoms with Gasteiger partial charge >= 0.3 is 0 Å². The maximum absolute atomic E-state index is 12.1. The number of likely N-dealkylation sites (tertiary alicyclic amines) is 1. The topological polar surface area (TPSA) is 44.4 Å². The summed E-state index contributed by atoms with van der Waals surface area (Å²) in [5.74, 6) is 0.101. The van der Waals surface area contributed by atoms with Gasteiger partial charge in [-0.1, -0.05) is 12.1 Å². The minimum Gasteiger partial charge on any atom is -0.325 e. The predicted molar refractivity (Wildman–Crippen MR) is 85.5 cm³/mol. The molecule has 0 aromatic heterocycles. The standard InChI is InChI=1S/C17H25N3O/c21-17(16-7-4-9-18-16)19-15-6-3-5-14(13-15)8-12-20-10-1-2-11-20/h3,5-6,13,16,18H,1-2,4,7-12H2,(H,19,21). The summed E-state index contributed by atoms with van der Waals surface area (Å²) >= 11 is 0. The maximum Gasteiger partial charge on any atom is 0.241 e. The van der Waals surface area contributed by atoms with E-state index in [-0.39, 0.29) is 11.9 Å². The van der Waals surface area contributed by atoms with Gasteiger partial charge in [0, 0.05) is 12.2 Å². The molecule has 4 nitrogen and oxygen atoms in total. The summed E-state index contributed by atoms with van der Waals surface area (Å²) in [5, 5.41) is 6.27. The predicted octanol–water partition coefficient (Wildman–Crippen LogP) is 2.02. The minimum atomic E-state index is -0.0155. The first-order chi connectivity index (χ1) is 10.3. The van der Waals surface area contributed by atoms with E-state index in [9.17, 15) is 4.79 Å². The zero-order chi connectivity index (χ0) is 14.5. The van der Waals surface area contributed by atoms with Gasteiger partial charge < -0.3 is 15.5 Å². The molecular formula is C17H25N3O. The van der Waals surface area contributed by atoms with E-state index in [1.54, 1.807) is 0 Å². The fourth-order valence-electron chi connectivity index (χ4n) is 3.24. The molecule has 0 saturated carbocycles. The molecule has 1 aromatic carbocycles. The van der Waals surface area contributed by atoms with Crippen molar-refractivity contribution < 1.29 is 4.79 Å². The lowest BCUT2D eigenvalue weighted by molar-refractivity contribution is -0.117. The summed E-state index contributed by atoms with van der Waals surface area (Å²) in [5.41, 5.74) is 2.23. The van der Waals surface area contributed by atoms with Gasteiger partial charge in [-0.15, -0.1) is 0 Å². The van der Waals surface area contributed by atoms with E-state index >= 15 is 0 Å². The highest BCUT2D eigenvalue weighted by Crippen LogP contribution is 2.15. The van der Waals surface area contributed by atoms with Crippen LogP contribution in [-0.4, -0.2) is 43.0 Å². The van der Waals surface area contributed by atoms with Crippen molar-refractivity contribution >= 4 is 11.6 Å². The molecule has 1 unspecified atom stereocenters. The molecule has 2 heterocycles. The first kappa shape index (κ1) is 14.5. The van der Waals surface area contributed by atoms with Crippen LogP contribution in [0.15, 0.2) is 24.3 Å². The Hall–Kier alpha value is -1.39. The molecule has 2 saturated heterocycles. The second-order valence-electron chi connectivity index (χ2n) is 6.14.